The number of benzene rings is 1. The summed E-state index contributed by atoms with van der Waals surface area (Å²) in [7, 11) is 3.92. The molecule has 0 bridgehead atoms. The van der Waals surface area contributed by atoms with Crippen molar-refractivity contribution in [2.24, 2.45) is 0 Å². The van der Waals surface area contributed by atoms with Crippen molar-refractivity contribution in [2.75, 3.05) is 19.0 Å². The van der Waals surface area contributed by atoms with Gasteiger partial charge in [0, 0.05) is 56.2 Å². The third kappa shape index (κ3) is 2.67. The van der Waals surface area contributed by atoms with Gasteiger partial charge in [-0.1, -0.05) is 13.0 Å². The zero-order valence-corrected chi connectivity index (χ0v) is 14.0. The molecule has 0 unspecified atom stereocenters. The van der Waals surface area contributed by atoms with E-state index in [4.69, 9.17) is 0 Å². The van der Waals surface area contributed by atoms with Crippen LogP contribution in [0.3, 0.4) is 0 Å². The van der Waals surface area contributed by atoms with Crippen LogP contribution in [-0.4, -0.2) is 29.8 Å². The van der Waals surface area contributed by atoms with Crippen molar-refractivity contribution in [1.29, 1.82) is 5.26 Å². The van der Waals surface area contributed by atoms with Crippen molar-refractivity contribution >= 4 is 17.0 Å². The first-order chi connectivity index (χ1) is 11.5. The van der Waals surface area contributed by atoms with Crippen LogP contribution in [0.4, 0.5) is 5.69 Å². The van der Waals surface area contributed by atoms with Crippen LogP contribution >= 0.6 is 0 Å². The van der Waals surface area contributed by atoms with Gasteiger partial charge in [-0.05, 0) is 23.3 Å². The van der Waals surface area contributed by atoms with Gasteiger partial charge in [-0.25, -0.2) is 9.97 Å². The van der Waals surface area contributed by atoms with Crippen molar-refractivity contribution < 1.29 is 4.79 Å². The van der Waals surface area contributed by atoms with E-state index in [1.807, 2.05) is 44.1 Å². The number of carbonyl (C=O) groups excluding carboxylic acids is 1. The van der Waals surface area contributed by atoms with Gasteiger partial charge in [0.05, 0.1) is 0 Å². The lowest BCUT2D eigenvalue weighted by atomic mass is 9.82. The highest BCUT2D eigenvalue weighted by molar-refractivity contribution is 6.13. The van der Waals surface area contributed by atoms with E-state index < -0.39 is 0 Å². The first kappa shape index (κ1) is 15.9. The Balaban J connectivity index is 2.25. The standard InChI is InChI=1S/C19H18N4O/c1-4-18-21-10-13(11-22-18)19-15-8-14(23(2)3)6-5-12(15)7-17(24)16(19)9-20/h5-6,8,10-11H,4,7H2,1-3H3. The lowest BCUT2D eigenvalue weighted by Crippen LogP contribution is -2.17. The van der Waals surface area contributed by atoms with Gasteiger partial charge in [0.15, 0.2) is 5.78 Å². The summed E-state index contributed by atoms with van der Waals surface area (Å²) in [5.41, 5.74) is 4.38. The number of hydrogen-bond acceptors (Lipinski definition) is 5. The molecule has 0 N–H and O–H groups in total. The number of anilines is 1. The molecule has 0 fully saturated rings. The molecule has 0 saturated carbocycles. The largest absolute Gasteiger partial charge is 0.378 e. The van der Waals surface area contributed by atoms with Gasteiger partial charge in [-0.3, -0.25) is 4.79 Å². The average Bonchev–Trinajstić information content (AvgIpc) is 2.60. The summed E-state index contributed by atoms with van der Waals surface area (Å²) in [5, 5.41) is 9.52. The molecule has 5 nitrogen and oxygen atoms in total. The second kappa shape index (κ2) is 6.25. The Bertz CT molecular complexity index is 873. The third-order valence-corrected chi connectivity index (χ3v) is 4.18. The highest BCUT2D eigenvalue weighted by Crippen LogP contribution is 2.36. The van der Waals surface area contributed by atoms with E-state index in [9.17, 15) is 10.1 Å². The molecule has 120 valence electrons. The van der Waals surface area contributed by atoms with Crippen LogP contribution in [0.25, 0.3) is 5.57 Å². The molecule has 0 spiro atoms. The van der Waals surface area contributed by atoms with Crippen LogP contribution in [0.5, 0.6) is 0 Å². The van der Waals surface area contributed by atoms with Crippen LogP contribution in [0, 0.1) is 11.3 Å². The smallest absolute Gasteiger partial charge is 0.178 e. The summed E-state index contributed by atoms with van der Waals surface area (Å²) < 4.78 is 0. The maximum Gasteiger partial charge on any atom is 0.178 e. The molecule has 5 heteroatoms. The van der Waals surface area contributed by atoms with Gasteiger partial charge < -0.3 is 4.90 Å². The van der Waals surface area contributed by atoms with E-state index >= 15 is 0 Å². The number of allylic oxidation sites excluding steroid dienone is 1. The van der Waals surface area contributed by atoms with Gasteiger partial charge in [0.2, 0.25) is 0 Å². The molecule has 1 aliphatic carbocycles. The fourth-order valence-electron chi connectivity index (χ4n) is 2.85. The Morgan fingerprint density at radius 3 is 2.54 bits per heavy atom. The fourth-order valence-corrected chi connectivity index (χ4v) is 2.85. The number of fused-ring (bicyclic) bond motifs is 1. The van der Waals surface area contributed by atoms with Crippen molar-refractivity contribution in [1.82, 2.24) is 9.97 Å². The zero-order valence-electron chi connectivity index (χ0n) is 14.0. The predicted molar refractivity (Wildman–Crippen MR) is 92.5 cm³/mol. The number of nitriles is 1. The zero-order chi connectivity index (χ0) is 17.3. The summed E-state index contributed by atoms with van der Waals surface area (Å²) in [5.74, 6) is 0.583. The Kier molecular flexibility index (Phi) is 4.13. The van der Waals surface area contributed by atoms with Crippen LogP contribution in [0.2, 0.25) is 0 Å². The molecule has 0 atom stereocenters. The molecule has 0 saturated heterocycles. The maximum absolute atomic E-state index is 12.4. The van der Waals surface area contributed by atoms with Crippen molar-refractivity contribution in [3.05, 3.63) is 58.7 Å². The molecule has 2 aromatic rings. The number of aryl methyl sites for hydroxylation is 1. The Morgan fingerprint density at radius 1 is 1.25 bits per heavy atom. The number of aromatic nitrogens is 2. The first-order valence-electron chi connectivity index (χ1n) is 7.84. The maximum atomic E-state index is 12.4. The minimum atomic E-state index is -0.155. The van der Waals surface area contributed by atoms with Crippen LogP contribution in [-0.2, 0) is 17.6 Å². The molecule has 24 heavy (non-hydrogen) atoms. The molecule has 1 aliphatic rings. The highest BCUT2D eigenvalue weighted by atomic mass is 16.1. The number of carbonyl (C=O) groups is 1. The number of hydrogen-bond donors (Lipinski definition) is 0. The minimum absolute atomic E-state index is 0.155. The Hall–Kier alpha value is -3.00. The normalized spacial score (nSPS) is 13.5. The van der Waals surface area contributed by atoms with Crippen molar-refractivity contribution in [2.45, 2.75) is 19.8 Å². The van der Waals surface area contributed by atoms with E-state index in [2.05, 4.69) is 16.0 Å². The topological polar surface area (TPSA) is 69.9 Å². The lowest BCUT2D eigenvalue weighted by Gasteiger charge is -2.22. The van der Waals surface area contributed by atoms with E-state index in [0.717, 1.165) is 29.1 Å². The minimum Gasteiger partial charge on any atom is -0.378 e. The summed E-state index contributed by atoms with van der Waals surface area (Å²) >= 11 is 0. The second-order valence-electron chi connectivity index (χ2n) is 5.94. The Labute approximate surface area is 141 Å². The summed E-state index contributed by atoms with van der Waals surface area (Å²) in [6.45, 7) is 1.98. The van der Waals surface area contributed by atoms with Gasteiger partial charge in [0.25, 0.3) is 0 Å². The number of ketones is 1. The van der Waals surface area contributed by atoms with E-state index in [1.165, 1.54) is 0 Å². The molecule has 0 amide bonds. The van der Waals surface area contributed by atoms with Gasteiger partial charge in [-0.15, -0.1) is 0 Å². The van der Waals surface area contributed by atoms with Gasteiger partial charge in [0.1, 0.15) is 17.5 Å². The van der Waals surface area contributed by atoms with E-state index in [-0.39, 0.29) is 17.8 Å². The summed E-state index contributed by atoms with van der Waals surface area (Å²) in [4.78, 5) is 23.0. The molecular formula is C19H18N4O. The molecule has 0 radical (unpaired) electrons. The van der Waals surface area contributed by atoms with E-state index in [1.54, 1.807) is 12.4 Å². The summed E-state index contributed by atoms with van der Waals surface area (Å²) in [6, 6.07) is 8.04. The third-order valence-electron chi connectivity index (χ3n) is 4.18. The SMILES string of the molecule is CCc1ncc(C2=C(C#N)C(=O)Cc3ccc(N(C)C)cc32)cn1. The van der Waals surface area contributed by atoms with Crippen molar-refractivity contribution in [3.8, 4) is 6.07 Å². The molecule has 1 aromatic heterocycles. The van der Waals surface area contributed by atoms with E-state index in [0.29, 0.717) is 11.1 Å². The Morgan fingerprint density at radius 2 is 1.96 bits per heavy atom. The van der Waals surface area contributed by atoms with Gasteiger partial charge in [-0.2, -0.15) is 5.26 Å². The highest BCUT2D eigenvalue weighted by Gasteiger charge is 2.27. The first-order valence-corrected chi connectivity index (χ1v) is 7.84. The number of Topliss-reactive ketones (excluding diaryl/α,β-unsaturated/α-hetero) is 1. The number of rotatable bonds is 3. The molecular weight excluding hydrogens is 300 g/mol. The van der Waals surface area contributed by atoms with Crippen LogP contribution < -0.4 is 4.90 Å². The monoisotopic (exact) mass is 318 g/mol. The molecule has 1 heterocycles. The van der Waals surface area contributed by atoms with Gasteiger partial charge >= 0.3 is 0 Å². The summed E-state index contributed by atoms with van der Waals surface area (Å²) in [6.07, 6.45) is 4.39. The van der Waals surface area contributed by atoms with Crippen LogP contribution in [0.1, 0.15) is 29.4 Å². The van der Waals surface area contributed by atoms with Crippen molar-refractivity contribution in [3.63, 3.8) is 0 Å². The molecule has 3 rings (SSSR count). The second-order valence-corrected chi connectivity index (χ2v) is 5.94. The van der Waals surface area contributed by atoms with Crippen LogP contribution in [0.15, 0.2) is 36.2 Å². The quantitative estimate of drug-likeness (QED) is 0.870. The lowest BCUT2D eigenvalue weighted by molar-refractivity contribution is -0.114. The molecule has 0 aliphatic heterocycles. The molecule has 1 aromatic carbocycles. The predicted octanol–water partition coefficient (Wildman–Crippen LogP) is 2.56. The number of nitrogens with zero attached hydrogens (tertiary/aromatic N) is 4. The average molecular weight is 318 g/mol. The fraction of sp³-hybridized carbons (Fsp3) is 0.263.